The van der Waals surface area contributed by atoms with Gasteiger partial charge in [0.2, 0.25) is 0 Å². The average Bonchev–Trinajstić information content (AvgIpc) is 2.93. The third-order valence-corrected chi connectivity index (χ3v) is 3.85. The first kappa shape index (κ1) is 15.8. The molecule has 0 aliphatic heterocycles. The minimum absolute atomic E-state index is 0.215. The second-order valence-electron chi connectivity index (χ2n) is 5.42. The second-order valence-corrected chi connectivity index (χ2v) is 5.42. The van der Waals surface area contributed by atoms with Gasteiger partial charge in [0, 0.05) is 16.6 Å². The maximum atomic E-state index is 12.5. The van der Waals surface area contributed by atoms with Crippen LogP contribution in [0.2, 0.25) is 0 Å². The van der Waals surface area contributed by atoms with E-state index in [4.69, 9.17) is 4.74 Å². The molecule has 1 aromatic heterocycles. The Kier molecular flexibility index (Phi) is 4.33. The van der Waals surface area contributed by atoms with Crippen molar-refractivity contribution in [2.75, 3.05) is 11.9 Å². The number of hydrogen-bond donors (Lipinski definition) is 2. The van der Waals surface area contributed by atoms with Gasteiger partial charge in [0.1, 0.15) is 5.69 Å². The number of nitrogens with one attached hydrogen (secondary N) is 2. The molecule has 0 aliphatic rings. The van der Waals surface area contributed by atoms with E-state index in [1.807, 2.05) is 31.2 Å². The van der Waals surface area contributed by atoms with E-state index < -0.39 is 0 Å². The zero-order valence-electron chi connectivity index (χ0n) is 13.6. The first-order valence-corrected chi connectivity index (χ1v) is 7.76. The van der Waals surface area contributed by atoms with Crippen molar-refractivity contribution in [1.82, 2.24) is 4.98 Å². The van der Waals surface area contributed by atoms with Crippen molar-refractivity contribution >= 4 is 28.5 Å². The van der Waals surface area contributed by atoms with Crippen molar-refractivity contribution in [3.05, 3.63) is 65.4 Å². The molecule has 0 bridgehead atoms. The Bertz CT molecular complexity index is 895. The van der Waals surface area contributed by atoms with Crippen LogP contribution in [0.1, 0.15) is 33.3 Å². The smallest absolute Gasteiger partial charge is 0.338 e. The van der Waals surface area contributed by atoms with E-state index in [1.165, 1.54) is 0 Å². The number of aryl methyl sites for hydroxylation is 1. The number of H-pyrrole nitrogens is 1. The van der Waals surface area contributed by atoms with E-state index >= 15 is 0 Å². The lowest BCUT2D eigenvalue weighted by atomic mass is 10.1. The molecular formula is C19H18N2O3. The van der Waals surface area contributed by atoms with Crippen LogP contribution in [0.25, 0.3) is 10.9 Å². The minimum Gasteiger partial charge on any atom is -0.462 e. The lowest BCUT2D eigenvalue weighted by molar-refractivity contribution is 0.0526. The summed E-state index contributed by atoms with van der Waals surface area (Å²) in [5, 5.41) is 3.86. The summed E-state index contributed by atoms with van der Waals surface area (Å²) in [6, 6.07) is 14.4. The number of carbonyl (C=O) groups excluding carboxylic acids is 2. The van der Waals surface area contributed by atoms with Gasteiger partial charge < -0.3 is 15.0 Å². The molecule has 2 N–H and O–H groups in total. The number of ether oxygens (including phenoxy) is 1. The molecular weight excluding hydrogens is 304 g/mol. The number of hydrogen-bond acceptors (Lipinski definition) is 3. The van der Waals surface area contributed by atoms with Gasteiger partial charge in [-0.2, -0.15) is 0 Å². The number of fused-ring (bicyclic) bond motifs is 1. The molecule has 122 valence electrons. The summed E-state index contributed by atoms with van der Waals surface area (Å²) in [7, 11) is 0. The highest BCUT2D eigenvalue weighted by molar-refractivity contribution is 6.08. The van der Waals surface area contributed by atoms with Crippen molar-refractivity contribution in [2.24, 2.45) is 0 Å². The molecule has 0 atom stereocenters. The third-order valence-electron chi connectivity index (χ3n) is 3.85. The normalized spacial score (nSPS) is 10.6. The van der Waals surface area contributed by atoms with E-state index in [1.54, 1.807) is 31.2 Å². The number of aromatic nitrogens is 1. The highest BCUT2D eigenvalue weighted by Gasteiger charge is 2.15. The second kappa shape index (κ2) is 6.58. The number of esters is 1. The summed E-state index contributed by atoms with van der Waals surface area (Å²) < 4.78 is 4.94. The molecule has 0 unspecified atom stereocenters. The lowest BCUT2D eigenvalue weighted by Gasteiger charge is -2.06. The molecule has 0 aliphatic carbocycles. The Morgan fingerprint density at radius 1 is 1.08 bits per heavy atom. The number of amides is 1. The van der Waals surface area contributed by atoms with E-state index in [2.05, 4.69) is 10.3 Å². The topological polar surface area (TPSA) is 71.2 Å². The molecule has 1 heterocycles. The predicted molar refractivity (Wildman–Crippen MR) is 93.4 cm³/mol. The van der Waals surface area contributed by atoms with Crippen LogP contribution in [0.15, 0.2) is 48.5 Å². The fraction of sp³-hybridized carbons (Fsp3) is 0.158. The standard InChI is InChI=1S/C19H18N2O3/c1-3-24-19(23)13-8-10-14(11-9-13)20-18(22)17-12(2)15-6-4-5-7-16(15)21-17/h4-11,21H,3H2,1-2H3,(H,20,22). The Morgan fingerprint density at radius 2 is 1.79 bits per heavy atom. The van der Waals surface area contributed by atoms with Gasteiger partial charge in [0.15, 0.2) is 0 Å². The van der Waals surface area contributed by atoms with Gasteiger partial charge in [0.05, 0.1) is 12.2 Å². The molecule has 3 aromatic rings. The Labute approximate surface area is 139 Å². The monoisotopic (exact) mass is 322 g/mol. The van der Waals surface area contributed by atoms with Crippen LogP contribution in [0.4, 0.5) is 5.69 Å². The van der Waals surface area contributed by atoms with Gasteiger partial charge >= 0.3 is 5.97 Å². The van der Waals surface area contributed by atoms with Gasteiger partial charge in [0.25, 0.3) is 5.91 Å². The number of aromatic amines is 1. The Balaban J connectivity index is 1.79. The van der Waals surface area contributed by atoms with Crippen LogP contribution in [-0.2, 0) is 4.74 Å². The first-order valence-electron chi connectivity index (χ1n) is 7.76. The molecule has 0 saturated heterocycles. The Morgan fingerprint density at radius 3 is 2.46 bits per heavy atom. The molecule has 3 rings (SSSR count). The molecule has 0 spiro atoms. The van der Waals surface area contributed by atoms with Crippen molar-refractivity contribution in [1.29, 1.82) is 0 Å². The van der Waals surface area contributed by atoms with E-state index in [9.17, 15) is 9.59 Å². The maximum Gasteiger partial charge on any atom is 0.338 e. The molecule has 0 saturated carbocycles. The number of anilines is 1. The van der Waals surface area contributed by atoms with Crippen LogP contribution >= 0.6 is 0 Å². The maximum absolute atomic E-state index is 12.5. The van der Waals surface area contributed by atoms with E-state index in [0.29, 0.717) is 23.6 Å². The van der Waals surface area contributed by atoms with Gasteiger partial charge in [-0.05, 0) is 49.7 Å². The van der Waals surface area contributed by atoms with Crippen LogP contribution in [0.5, 0.6) is 0 Å². The largest absolute Gasteiger partial charge is 0.462 e. The molecule has 5 nitrogen and oxygen atoms in total. The lowest BCUT2D eigenvalue weighted by Crippen LogP contribution is -2.13. The zero-order chi connectivity index (χ0) is 17.1. The highest BCUT2D eigenvalue weighted by atomic mass is 16.5. The molecule has 24 heavy (non-hydrogen) atoms. The van der Waals surface area contributed by atoms with Gasteiger partial charge in [-0.15, -0.1) is 0 Å². The average molecular weight is 322 g/mol. The summed E-state index contributed by atoms with van der Waals surface area (Å²) in [4.78, 5) is 27.3. The van der Waals surface area contributed by atoms with E-state index in [0.717, 1.165) is 16.5 Å². The minimum atomic E-state index is -0.373. The zero-order valence-corrected chi connectivity index (χ0v) is 13.6. The first-order chi connectivity index (χ1) is 11.6. The van der Waals surface area contributed by atoms with Gasteiger partial charge in [-0.3, -0.25) is 4.79 Å². The number of para-hydroxylation sites is 1. The van der Waals surface area contributed by atoms with Crippen molar-refractivity contribution in [3.63, 3.8) is 0 Å². The van der Waals surface area contributed by atoms with Gasteiger partial charge in [-0.25, -0.2) is 4.79 Å². The molecule has 5 heteroatoms. The summed E-state index contributed by atoms with van der Waals surface area (Å²) in [5.41, 5.74) is 3.44. The van der Waals surface area contributed by atoms with Crippen LogP contribution in [-0.4, -0.2) is 23.5 Å². The number of carbonyl (C=O) groups is 2. The third kappa shape index (κ3) is 3.01. The quantitative estimate of drug-likeness (QED) is 0.716. The number of rotatable bonds is 4. The molecule has 0 fully saturated rings. The molecule has 0 radical (unpaired) electrons. The SMILES string of the molecule is CCOC(=O)c1ccc(NC(=O)c2[nH]c3ccccc3c2C)cc1. The summed E-state index contributed by atoms with van der Waals surface area (Å²) in [6.07, 6.45) is 0. The predicted octanol–water partition coefficient (Wildman–Crippen LogP) is 3.91. The summed E-state index contributed by atoms with van der Waals surface area (Å²) >= 11 is 0. The van der Waals surface area contributed by atoms with Crippen LogP contribution < -0.4 is 5.32 Å². The van der Waals surface area contributed by atoms with Crippen LogP contribution in [0, 0.1) is 6.92 Å². The van der Waals surface area contributed by atoms with Crippen molar-refractivity contribution in [2.45, 2.75) is 13.8 Å². The van der Waals surface area contributed by atoms with Gasteiger partial charge in [-0.1, -0.05) is 18.2 Å². The van der Waals surface area contributed by atoms with Crippen LogP contribution in [0.3, 0.4) is 0 Å². The van der Waals surface area contributed by atoms with E-state index in [-0.39, 0.29) is 11.9 Å². The number of benzene rings is 2. The van der Waals surface area contributed by atoms with Crippen molar-refractivity contribution in [3.8, 4) is 0 Å². The summed E-state index contributed by atoms with van der Waals surface area (Å²) in [6.45, 7) is 4.00. The molecule has 1 amide bonds. The van der Waals surface area contributed by atoms with Crippen molar-refractivity contribution < 1.29 is 14.3 Å². The fourth-order valence-electron chi connectivity index (χ4n) is 2.61. The highest BCUT2D eigenvalue weighted by Crippen LogP contribution is 2.22. The Hall–Kier alpha value is -3.08. The fourth-order valence-corrected chi connectivity index (χ4v) is 2.61. The summed E-state index contributed by atoms with van der Waals surface area (Å²) in [5.74, 6) is -0.588. The molecule has 2 aromatic carbocycles.